The Balaban J connectivity index is 2.11. The number of hydrogen-bond donors (Lipinski definition) is 2. The number of nitrogens with one attached hydrogen (secondary N) is 1. The first kappa shape index (κ1) is 16.3. The zero-order valence-electron chi connectivity index (χ0n) is 12.6. The summed E-state index contributed by atoms with van der Waals surface area (Å²) >= 11 is 6.05. The lowest BCUT2D eigenvalue weighted by Crippen LogP contribution is -2.44. The van der Waals surface area contributed by atoms with Gasteiger partial charge in [0.1, 0.15) is 0 Å². The van der Waals surface area contributed by atoms with Crippen molar-refractivity contribution < 1.29 is 9.90 Å². The van der Waals surface area contributed by atoms with Gasteiger partial charge < -0.3 is 10.4 Å². The Hall–Kier alpha value is -1.06. The molecule has 1 aromatic rings. The summed E-state index contributed by atoms with van der Waals surface area (Å²) in [6.45, 7) is 2.04. The van der Waals surface area contributed by atoms with Crippen LogP contribution >= 0.6 is 11.6 Å². The van der Waals surface area contributed by atoms with E-state index in [0.29, 0.717) is 6.42 Å². The number of amides is 1. The van der Waals surface area contributed by atoms with Crippen LogP contribution in [0.2, 0.25) is 5.02 Å². The summed E-state index contributed by atoms with van der Waals surface area (Å²) in [5, 5.41) is 12.8. The van der Waals surface area contributed by atoms with E-state index in [0.717, 1.165) is 42.7 Å². The quantitative estimate of drug-likeness (QED) is 0.847. The molecule has 2 rings (SSSR count). The van der Waals surface area contributed by atoms with Gasteiger partial charge in [-0.25, -0.2) is 0 Å². The van der Waals surface area contributed by atoms with Gasteiger partial charge in [-0.2, -0.15) is 0 Å². The van der Waals surface area contributed by atoms with Gasteiger partial charge in [-0.3, -0.25) is 4.79 Å². The van der Waals surface area contributed by atoms with Crippen molar-refractivity contribution in [3.8, 4) is 0 Å². The second-order valence-electron chi connectivity index (χ2n) is 6.18. The van der Waals surface area contributed by atoms with E-state index >= 15 is 0 Å². The van der Waals surface area contributed by atoms with Gasteiger partial charge in [0.15, 0.2) is 0 Å². The maximum absolute atomic E-state index is 12.7. The summed E-state index contributed by atoms with van der Waals surface area (Å²) in [6.07, 6.45) is 5.39. The first-order chi connectivity index (χ1) is 10.1. The molecular formula is C17H24ClNO2. The molecule has 21 heavy (non-hydrogen) atoms. The van der Waals surface area contributed by atoms with E-state index < -0.39 is 0 Å². The predicted molar refractivity (Wildman–Crippen MR) is 85.4 cm³/mol. The highest BCUT2D eigenvalue weighted by Gasteiger charge is 2.41. The van der Waals surface area contributed by atoms with Gasteiger partial charge in [0.25, 0.3) is 0 Å². The lowest BCUT2D eigenvalue weighted by molar-refractivity contribution is -0.131. The molecule has 0 spiro atoms. The van der Waals surface area contributed by atoms with Gasteiger partial charge in [0.05, 0.1) is 5.41 Å². The standard InChI is InChI=1S/C17H24ClNO2/c1-13(7-10-20)19-16(21)17(8-2-3-9-17)12-14-5-4-6-15(18)11-14/h4-6,11,13,20H,2-3,7-10,12H2,1H3,(H,19,21)/t13-/m1/s1. The highest BCUT2D eigenvalue weighted by atomic mass is 35.5. The van der Waals surface area contributed by atoms with Gasteiger partial charge in [-0.15, -0.1) is 0 Å². The van der Waals surface area contributed by atoms with E-state index in [1.54, 1.807) is 0 Å². The average molecular weight is 310 g/mol. The van der Waals surface area contributed by atoms with Crippen molar-refractivity contribution in [2.24, 2.45) is 5.41 Å². The summed E-state index contributed by atoms with van der Waals surface area (Å²) < 4.78 is 0. The minimum Gasteiger partial charge on any atom is -0.396 e. The zero-order valence-corrected chi connectivity index (χ0v) is 13.3. The van der Waals surface area contributed by atoms with Crippen molar-refractivity contribution in [2.75, 3.05) is 6.61 Å². The van der Waals surface area contributed by atoms with Crippen molar-refractivity contribution in [3.63, 3.8) is 0 Å². The van der Waals surface area contributed by atoms with E-state index in [9.17, 15) is 4.79 Å². The minimum absolute atomic E-state index is 0.0133. The predicted octanol–water partition coefficient (Wildman–Crippen LogP) is 3.33. The molecule has 4 heteroatoms. The molecule has 0 radical (unpaired) electrons. The van der Waals surface area contributed by atoms with E-state index in [4.69, 9.17) is 16.7 Å². The summed E-state index contributed by atoms with van der Waals surface area (Å²) in [6, 6.07) is 7.80. The van der Waals surface area contributed by atoms with Crippen LogP contribution in [0.3, 0.4) is 0 Å². The number of carbonyl (C=O) groups is 1. The van der Waals surface area contributed by atoms with Gasteiger partial charge in [-0.1, -0.05) is 36.6 Å². The Kier molecular flexibility index (Phi) is 5.65. The molecule has 1 atom stereocenters. The highest BCUT2D eigenvalue weighted by molar-refractivity contribution is 6.30. The van der Waals surface area contributed by atoms with Crippen LogP contribution in [0.25, 0.3) is 0 Å². The Bertz CT molecular complexity index is 483. The van der Waals surface area contributed by atoms with Crippen molar-refractivity contribution in [3.05, 3.63) is 34.9 Å². The lowest BCUT2D eigenvalue weighted by atomic mass is 9.79. The summed E-state index contributed by atoms with van der Waals surface area (Å²) in [5.74, 6) is 0.126. The SMILES string of the molecule is C[C@H](CCO)NC(=O)C1(Cc2cccc(Cl)c2)CCCC1. The van der Waals surface area contributed by atoms with Gasteiger partial charge in [0, 0.05) is 17.7 Å². The molecule has 0 aromatic heterocycles. The maximum Gasteiger partial charge on any atom is 0.226 e. The van der Waals surface area contributed by atoms with Crippen LogP contribution in [0.5, 0.6) is 0 Å². The topological polar surface area (TPSA) is 49.3 Å². The van der Waals surface area contributed by atoms with E-state index in [2.05, 4.69) is 5.32 Å². The number of aliphatic hydroxyl groups excluding tert-OH is 1. The molecule has 1 aliphatic rings. The summed E-state index contributed by atoms with van der Waals surface area (Å²) in [4.78, 5) is 12.7. The van der Waals surface area contributed by atoms with Crippen LogP contribution in [-0.2, 0) is 11.2 Å². The van der Waals surface area contributed by atoms with Crippen LogP contribution in [0.4, 0.5) is 0 Å². The smallest absolute Gasteiger partial charge is 0.226 e. The molecule has 0 heterocycles. The molecule has 1 aliphatic carbocycles. The molecule has 0 bridgehead atoms. The lowest BCUT2D eigenvalue weighted by Gasteiger charge is -2.29. The normalized spacial score (nSPS) is 18.4. The first-order valence-electron chi connectivity index (χ1n) is 7.72. The molecule has 1 aromatic carbocycles. The van der Waals surface area contributed by atoms with Crippen LogP contribution in [0.15, 0.2) is 24.3 Å². The fourth-order valence-corrected chi connectivity index (χ4v) is 3.43. The third-order valence-electron chi connectivity index (χ3n) is 4.41. The number of carbonyl (C=O) groups excluding carboxylic acids is 1. The second-order valence-corrected chi connectivity index (χ2v) is 6.62. The fraction of sp³-hybridized carbons (Fsp3) is 0.588. The Morgan fingerprint density at radius 1 is 1.43 bits per heavy atom. The molecule has 1 saturated carbocycles. The molecule has 2 N–H and O–H groups in total. The third kappa shape index (κ3) is 4.21. The number of hydrogen-bond acceptors (Lipinski definition) is 2. The first-order valence-corrected chi connectivity index (χ1v) is 8.10. The van der Waals surface area contributed by atoms with Crippen molar-refractivity contribution in [1.82, 2.24) is 5.32 Å². The molecule has 1 fully saturated rings. The summed E-state index contributed by atoms with van der Waals surface area (Å²) in [7, 11) is 0. The van der Waals surface area contributed by atoms with E-state index in [1.807, 2.05) is 31.2 Å². The molecule has 0 saturated heterocycles. The van der Waals surface area contributed by atoms with Crippen LogP contribution < -0.4 is 5.32 Å². The van der Waals surface area contributed by atoms with Gasteiger partial charge in [0.2, 0.25) is 5.91 Å². The Morgan fingerprint density at radius 2 is 2.14 bits per heavy atom. The average Bonchev–Trinajstić information content (AvgIpc) is 2.88. The molecule has 1 amide bonds. The van der Waals surface area contributed by atoms with Gasteiger partial charge >= 0.3 is 0 Å². The Labute approximate surface area is 131 Å². The second kappa shape index (κ2) is 7.28. The maximum atomic E-state index is 12.7. The molecule has 0 aliphatic heterocycles. The Morgan fingerprint density at radius 3 is 2.76 bits per heavy atom. The fourth-order valence-electron chi connectivity index (χ4n) is 3.22. The number of rotatable bonds is 6. The largest absolute Gasteiger partial charge is 0.396 e. The molecule has 116 valence electrons. The van der Waals surface area contributed by atoms with Crippen LogP contribution in [0.1, 0.15) is 44.6 Å². The van der Waals surface area contributed by atoms with E-state index in [1.165, 1.54) is 0 Å². The minimum atomic E-state index is -0.311. The third-order valence-corrected chi connectivity index (χ3v) is 4.65. The molecular weight excluding hydrogens is 286 g/mol. The molecule has 3 nitrogen and oxygen atoms in total. The number of benzene rings is 1. The molecule has 0 unspecified atom stereocenters. The zero-order chi connectivity index (χ0) is 15.3. The summed E-state index contributed by atoms with van der Waals surface area (Å²) in [5.41, 5.74) is 0.809. The van der Waals surface area contributed by atoms with Crippen LogP contribution in [0, 0.1) is 5.41 Å². The van der Waals surface area contributed by atoms with Crippen molar-refractivity contribution in [2.45, 2.75) is 51.5 Å². The number of halogens is 1. The van der Waals surface area contributed by atoms with Crippen molar-refractivity contribution in [1.29, 1.82) is 0 Å². The van der Waals surface area contributed by atoms with Crippen molar-refractivity contribution >= 4 is 17.5 Å². The van der Waals surface area contributed by atoms with E-state index in [-0.39, 0.29) is 24.0 Å². The van der Waals surface area contributed by atoms with Crippen LogP contribution in [-0.4, -0.2) is 23.7 Å². The number of aliphatic hydroxyl groups is 1. The monoisotopic (exact) mass is 309 g/mol. The van der Waals surface area contributed by atoms with Gasteiger partial charge in [-0.05, 0) is 50.3 Å². The highest BCUT2D eigenvalue weighted by Crippen LogP contribution is 2.41.